The van der Waals surface area contributed by atoms with Crippen LogP contribution in [0.25, 0.3) is 11.1 Å². The third kappa shape index (κ3) is 3.52. The molecule has 0 unspecified atom stereocenters. The molecule has 0 atom stereocenters. The monoisotopic (exact) mass is 582 g/mol. The van der Waals surface area contributed by atoms with Crippen molar-refractivity contribution in [2.75, 3.05) is 9.80 Å². The molecule has 0 bridgehead atoms. The molecule has 2 heterocycles. The molecule has 3 aliphatic rings. The summed E-state index contributed by atoms with van der Waals surface area (Å²) in [6.45, 7) is 9.42. The second-order valence-electron chi connectivity index (χ2n) is 13.4. The number of anilines is 6. The molecule has 2 aliphatic heterocycles. The van der Waals surface area contributed by atoms with Crippen LogP contribution in [0.2, 0.25) is 0 Å². The van der Waals surface area contributed by atoms with E-state index in [1.165, 1.54) is 44.8 Å². The molecule has 0 fully saturated rings. The minimum absolute atomic E-state index is 0.0907. The van der Waals surface area contributed by atoms with Gasteiger partial charge in [0.15, 0.2) is 11.5 Å². The summed E-state index contributed by atoms with van der Waals surface area (Å²) in [5.74, 6) is 1.77. The van der Waals surface area contributed by atoms with E-state index in [2.05, 4.69) is 165 Å². The van der Waals surface area contributed by atoms with Crippen LogP contribution in [0.15, 0.2) is 133 Å². The number of nitrogens with zero attached hydrogens (tertiary/aromatic N) is 2. The molecule has 6 aromatic rings. The van der Waals surface area contributed by atoms with E-state index in [0.29, 0.717) is 0 Å². The van der Waals surface area contributed by atoms with Crippen LogP contribution in [0.4, 0.5) is 34.1 Å². The molecule has 0 spiro atoms. The van der Waals surface area contributed by atoms with Gasteiger partial charge in [0.05, 0.1) is 22.7 Å². The molecule has 0 aromatic heterocycles. The van der Waals surface area contributed by atoms with Gasteiger partial charge in [-0.2, -0.15) is 0 Å². The van der Waals surface area contributed by atoms with Crippen LogP contribution in [-0.2, 0) is 10.8 Å². The SMILES string of the molecule is CC1(C)c2ccccc2-c2ccc(N(c3ccccc3)c3cccc4c3C(C)(C)c3cccc5c3N4c3ccccc3O5)cc21. The van der Waals surface area contributed by atoms with Gasteiger partial charge in [-0.3, -0.25) is 0 Å². The molecule has 0 amide bonds. The number of rotatable bonds is 3. The largest absolute Gasteiger partial charge is 0.453 e. The van der Waals surface area contributed by atoms with Crippen molar-refractivity contribution in [2.45, 2.75) is 38.5 Å². The van der Waals surface area contributed by atoms with Crippen molar-refractivity contribution in [2.24, 2.45) is 0 Å². The standard InChI is InChI=1S/C42H34N2O/c1-41(2)31-17-9-8-16-29(31)30-25-24-28(26-33(30)41)43(27-14-6-5-7-15-27)35-20-13-21-36-39(35)42(3,4)32-18-12-23-38-40(32)44(36)34-19-10-11-22-37(34)45-38/h5-26H,1-4H3. The highest BCUT2D eigenvalue weighted by Gasteiger charge is 2.44. The topological polar surface area (TPSA) is 15.7 Å². The van der Waals surface area contributed by atoms with E-state index in [1.807, 2.05) is 6.07 Å². The first-order chi connectivity index (χ1) is 21.9. The number of hydrogen-bond donors (Lipinski definition) is 0. The molecular weight excluding hydrogens is 548 g/mol. The van der Waals surface area contributed by atoms with Gasteiger partial charge in [-0.05, 0) is 82.4 Å². The maximum absolute atomic E-state index is 6.49. The highest BCUT2D eigenvalue weighted by atomic mass is 16.5. The molecule has 0 saturated heterocycles. The van der Waals surface area contributed by atoms with Crippen molar-refractivity contribution >= 4 is 34.1 Å². The summed E-state index contributed by atoms with van der Waals surface area (Å²) in [6.07, 6.45) is 0. The van der Waals surface area contributed by atoms with Crippen molar-refractivity contribution in [3.05, 3.63) is 156 Å². The Morgan fingerprint density at radius 1 is 0.511 bits per heavy atom. The third-order valence-electron chi connectivity index (χ3n) is 10.2. The van der Waals surface area contributed by atoms with E-state index in [4.69, 9.17) is 4.74 Å². The predicted octanol–water partition coefficient (Wildman–Crippen LogP) is 11.7. The Hall–Kier alpha value is -5.28. The molecule has 0 saturated carbocycles. The molecule has 0 N–H and O–H groups in total. The molecule has 1 aliphatic carbocycles. The maximum Gasteiger partial charge on any atom is 0.151 e. The molecule has 6 aromatic carbocycles. The van der Waals surface area contributed by atoms with Crippen molar-refractivity contribution in [3.63, 3.8) is 0 Å². The van der Waals surface area contributed by atoms with Gasteiger partial charge in [-0.1, -0.05) is 107 Å². The smallest absolute Gasteiger partial charge is 0.151 e. The Balaban J connectivity index is 1.31. The lowest BCUT2D eigenvalue weighted by molar-refractivity contribution is 0.471. The summed E-state index contributed by atoms with van der Waals surface area (Å²) in [7, 11) is 0. The predicted molar refractivity (Wildman–Crippen MR) is 186 cm³/mol. The number of fused-ring (bicyclic) bond motifs is 7. The Morgan fingerprint density at radius 3 is 2.04 bits per heavy atom. The van der Waals surface area contributed by atoms with Gasteiger partial charge in [0, 0.05) is 27.8 Å². The van der Waals surface area contributed by atoms with Crippen molar-refractivity contribution < 1.29 is 4.74 Å². The van der Waals surface area contributed by atoms with E-state index in [0.717, 1.165) is 34.2 Å². The zero-order valence-electron chi connectivity index (χ0n) is 26.0. The van der Waals surface area contributed by atoms with E-state index in [1.54, 1.807) is 0 Å². The van der Waals surface area contributed by atoms with Crippen molar-refractivity contribution in [1.29, 1.82) is 0 Å². The highest BCUT2D eigenvalue weighted by Crippen LogP contribution is 2.62. The first-order valence-electron chi connectivity index (χ1n) is 15.8. The summed E-state index contributed by atoms with van der Waals surface area (Å²) in [5.41, 5.74) is 14.4. The van der Waals surface area contributed by atoms with Gasteiger partial charge in [0.1, 0.15) is 0 Å². The second-order valence-corrected chi connectivity index (χ2v) is 13.4. The van der Waals surface area contributed by atoms with Crippen LogP contribution in [0.5, 0.6) is 11.5 Å². The van der Waals surface area contributed by atoms with Gasteiger partial charge in [0.25, 0.3) is 0 Å². The Labute approximate surface area is 265 Å². The molecule has 9 rings (SSSR count). The molecule has 0 radical (unpaired) electrons. The van der Waals surface area contributed by atoms with Crippen LogP contribution in [-0.4, -0.2) is 0 Å². The van der Waals surface area contributed by atoms with E-state index >= 15 is 0 Å². The van der Waals surface area contributed by atoms with E-state index in [-0.39, 0.29) is 10.8 Å². The average Bonchev–Trinajstić information content (AvgIpc) is 3.29. The van der Waals surface area contributed by atoms with Crippen LogP contribution in [0.3, 0.4) is 0 Å². The molecule has 218 valence electrons. The average molecular weight is 583 g/mol. The molecular formula is C42H34N2O. The third-order valence-corrected chi connectivity index (χ3v) is 10.2. The van der Waals surface area contributed by atoms with Crippen LogP contribution < -0.4 is 14.5 Å². The van der Waals surface area contributed by atoms with E-state index < -0.39 is 0 Å². The first kappa shape index (κ1) is 26.2. The number of ether oxygens (including phenoxy) is 1. The lowest BCUT2D eigenvalue weighted by Crippen LogP contribution is -2.34. The number of para-hydroxylation sites is 4. The van der Waals surface area contributed by atoms with Crippen LogP contribution in [0.1, 0.15) is 49.9 Å². The Kier molecular flexibility index (Phi) is 5.30. The summed E-state index contributed by atoms with van der Waals surface area (Å²) in [5, 5.41) is 0. The fraction of sp³-hybridized carbons (Fsp3) is 0.143. The van der Waals surface area contributed by atoms with Crippen molar-refractivity contribution in [1.82, 2.24) is 0 Å². The minimum atomic E-state index is -0.303. The summed E-state index contributed by atoms with van der Waals surface area (Å²) in [6, 6.07) is 48.4. The van der Waals surface area contributed by atoms with Gasteiger partial charge in [-0.25, -0.2) is 0 Å². The summed E-state index contributed by atoms with van der Waals surface area (Å²) in [4.78, 5) is 4.88. The molecule has 3 heteroatoms. The Morgan fingerprint density at radius 2 is 1.18 bits per heavy atom. The fourth-order valence-corrected chi connectivity index (χ4v) is 8.07. The quantitative estimate of drug-likeness (QED) is 0.206. The maximum atomic E-state index is 6.49. The lowest BCUT2D eigenvalue weighted by Gasteiger charge is -2.46. The first-order valence-corrected chi connectivity index (χ1v) is 15.8. The second kappa shape index (κ2) is 9.12. The highest BCUT2D eigenvalue weighted by molar-refractivity contribution is 5.97. The zero-order chi connectivity index (χ0) is 30.5. The van der Waals surface area contributed by atoms with Crippen LogP contribution >= 0.6 is 0 Å². The number of hydrogen-bond acceptors (Lipinski definition) is 3. The minimum Gasteiger partial charge on any atom is -0.453 e. The van der Waals surface area contributed by atoms with Gasteiger partial charge >= 0.3 is 0 Å². The van der Waals surface area contributed by atoms with Crippen LogP contribution in [0, 0.1) is 0 Å². The summed E-state index contributed by atoms with van der Waals surface area (Å²) < 4.78 is 6.49. The Bertz CT molecular complexity index is 2160. The lowest BCUT2D eigenvalue weighted by atomic mass is 9.72. The van der Waals surface area contributed by atoms with Gasteiger partial charge in [0.2, 0.25) is 0 Å². The molecule has 45 heavy (non-hydrogen) atoms. The van der Waals surface area contributed by atoms with Gasteiger partial charge in [-0.15, -0.1) is 0 Å². The summed E-state index contributed by atoms with van der Waals surface area (Å²) >= 11 is 0. The number of benzene rings is 6. The normalized spacial score (nSPS) is 15.6. The molecule has 3 nitrogen and oxygen atoms in total. The van der Waals surface area contributed by atoms with Gasteiger partial charge < -0.3 is 14.5 Å². The fourth-order valence-electron chi connectivity index (χ4n) is 8.07. The zero-order valence-corrected chi connectivity index (χ0v) is 26.0. The van der Waals surface area contributed by atoms with E-state index in [9.17, 15) is 0 Å². The van der Waals surface area contributed by atoms with Crippen molar-refractivity contribution in [3.8, 4) is 22.6 Å².